The van der Waals surface area contributed by atoms with Crippen molar-refractivity contribution in [1.29, 1.82) is 0 Å². The third-order valence-corrected chi connectivity index (χ3v) is 2.73. The van der Waals surface area contributed by atoms with E-state index in [1.165, 1.54) is 6.07 Å². The van der Waals surface area contributed by atoms with E-state index in [0.717, 1.165) is 18.4 Å². The lowest BCUT2D eigenvalue weighted by molar-refractivity contribution is -0.385. The van der Waals surface area contributed by atoms with Gasteiger partial charge in [-0.1, -0.05) is 18.2 Å². The Labute approximate surface area is 124 Å². The summed E-state index contributed by atoms with van der Waals surface area (Å²) in [4.78, 5) is 21.9. The highest BCUT2D eigenvalue weighted by molar-refractivity contribution is 5.67. The Morgan fingerprint density at radius 1 is 1.29 bits per heavy atom. The van der Waals surface area contributed by atoms with Crippen molar-refractivity contribution in [3.63, 3.8) is 0 Å². The molecule has 0 aliphatic rings. The molecule has 0 bridgehead atoms. The number of nitro groups is 1. The highest BCUT2D eigenvalue weighted by Crippen LogP contribution is 2.19. The molecule has 1 aromatic rings. The SMILES string of the molecule is CC(C)(C)OC(=O)NCCCCc1ccccc1[N+](=O)[O-]. The molecule has 21 heavy (non-hydrogen) atoms. The van der Waals surface area contributed by atoms with Crippen LogP contribution in [-0.4, -0.2) is 23.2 Å². The number of ether oxygens (including phenoxy) is 1. The zero-order chi connectivity index (χ0) is 15.9. The first-order valence-electron chi connectivity index (χ1n) is 6.99. The van der Waals surface area contributed by atoms with Crippen molar-refractivity contribution in [1.82, 2.24) is 5.32 Å². The van der Waals surface area contributed by atoms with Gasteiger partial charge < -0.3 is 10.1 Å². The van der Waals surface area contributed by atoms with E-state index in [1.54, 1.807) is 39.0 Å². The predicted octanol–water partition coefficient (Wildman–Crippen LogP) is 3.44. The topological polar surface area (TPSA) is 81.5 Å². The van der Waals surface area contributed by atoms with E-state index in [9.17, 15) is 14.9 Å². The first kappa shape index (κ1) is 16.9. The van der Waals surface area contributed by atoms with Crippen LogP contribution in [0, 0.1) is 10.1 Å². The molecule has 0 fully saturated rings. The summed E-state index contributed by atoms with van der Waals surface area (Å²) in [5.74, 6) is 0. The molecule has 0 spiro atoms. The Morgan fingerprint density at radius 3 is 2.57 bits per heavy atom. The molecule has 6 nitrogen and oxygen atoms in total. The monoisotopic (exact) mass is 294 g/mol. The van der Waals surface area contributed by atoms with Crippen LogP contribution in [0.1, 0.15) is 39.2 Å². The van der Waals surface area contributed by atoms with Gasteiger partial charge in [0, 0.05) is 18.2 Å². The number of hydrogen-bond donors (Lipinski definition) is 1. The number of para-hydroxylation sites is 1. The molecule has 0 radical (unpaired) electrons. The van der Waals surface area contributed by atoms with Gasteiger partial charge in [-0.3, -0.25) is 10.1 Å². The van der Waals surface area contributed by atoms with E-state index in [2.05, 4.69) is 5.32 Å². The van der Waals surface area contributed by atoms with Crippen LogP contribution in [0.5, 0.6) is 0 Å². The third kappa shape index (κ3) is 6.74. The summed E-state index contributed by atoms with van der Waals surface area (Å²) in [5, 5.41) is 13.5. The van der Waals surface area contributed by atoms with Crippen molar-refractivity contribution in [2.45, 2.75) is 45.6 Å². The molecule has 1 N–H and O–H groups in total. The number of nitrogens with zero attached hydrogens (tertiary/aromatic N) is 1. The fourth-order valence-corrected chi connectivity index (χ4v) is 1.85. The van der Waals surface area contributed by atoms with Crippen LogP contribution in [0.3, 0.4) is 0 Å². The second kappa shape index (κ2) is 7.61. The second-order valence-corrected chi connectivity index (χ2v) is 5.77. The maximum absolute atomic E-state index is 11.4. The zero-order valence-electron chi connectivity index (χ0n) is 12.7. The van der Waals surface area contributed by atoms with Crippen LogP contribution in [-0.2, 0) is 11.2 Å². The standard InChI is InChI=1S/C15H22N2O4/c1-15(2,3)21-14(18)16-11-7-6-9-12-8-4-5-10-13(12)17(19)20/h4-5,8,10H,6-7,9,11H2,1-3H3,(H,16,18). The summed E-state index contributed by atoms with van der Waals surface area (Å²) >= 11 is 0. The zero-order valence-corrected chi connectivity index (χ0v) is 12.7. The van der Waals surface area contributed by atoms with Crippen molar-refractivity contribution >= 4 is 11.8 Å². The third-order valence-electron chi connectivity index (χ3n) is 2.73. The van der Waals surface area contributed by atoms with Crippen LogP contribution in [0.4, 0.5) is 10.5 Å². The van der Waals surface area contributed by atoms with Crippen LogP contribution >= 0.6 is 0 Å². The van der Waals surface area contributed by atoms with Crippen LogP contribution in [0.2, 0.25) is 0 Å². The van der Waals surface area contributed by atoms with Gasteiger partial charge in [-0.2, -0.15) is 0 Å². The minimum atomic E-state index is -0.505. The molecule has 6 heteroatoms. The molecular weight excluding hydrogens is 272 g/mol. The predicted molar refractivity (Wildman–Crippen MR) is 80.3 cm³/mol. The molecule has 1 amide bonds. The van der Waals surface area contributed by atoms with Gasteiger partial charge >= 0.3 is 6.09 Å². The maximum Gasteiger partial charge on any atom is 0.407 e. The van der Waals surface area contributed by atoms with Gasteiger partial charge in [-0.05, 0) is 40.0 Å². The number of carbonyl (C=O) groups is 1. The molecule has 0 aliphatic carbocycles. The van der Waals surface area contributed by atoms with Gasteiger partial charge in [-0.15, -0.1) is 0 Å². The van der Waals surface area contributed by atoms with E-state index in [4.69, 9.17) is 4.74 Å². The average molecular weight is 294 g/mol. The van der Waals surface area contributed by atoms with Gasteiger partial charge in [-0.25, -0.2) is 4.79 Å². The lowest BCUT2D eigenvalue weighted by Gasteiger charge is -2.19. The minimum absolute atomic E-state index is 0.151. The van der Waals surface area contributed by atoms with Crippen molar-refractivity contribution < 1.29 is 14.5 Å². The van der Waals surface area contributed by atoms with Gasteiger partial charge in [0.15, 0.2) is 0 Å². The molecule has 0 unspecified atom stereocenters. The molecule has 0 saturated carbocycles. The van der Waals surface area contributed by atoms with E-state index in [0.29, 0.717) is 13.0 Å². The molecule has 0 saturated heterocycles. The Hall–Kier alpha value is -2.11. The van der Waals surface area contributed by atoms with Crippen molar-refractivity contribution in [3.05, 3.63) is 39.9 Å². The number of nitrogens with one attached hydrogen (secondary N) is 1. The molecule has 1 aromatic carbocycles. The lowest BCUT2D eigenvalue weighted by Crippen LogP contribution is -2.33. The highest BCUT2D eigenvalue weighted by atomic mass is 16.6. The number of benzene rings is 1. The van der Waals surface area contributed by atoms with Gasteiger partial charge in [0.1, 0.15) is 5.60 Å². The van der Waals surface area contributed by atoms with Crippen molar-refractivity contribution in [2.24, 2.45) is 0 Å². The molecule has 1 rings (SSSR count). The molecule has 0 heterocycles. The van der Waals surface area contributed by atoms with E-state index in [1.807, 2.05) is 0 Å². The summed E-state index contributed by atoms with van der Waals surface area (Å²) in [6, 6.07) is 6.72. The van der Waals surface area contributed by atoms with Crippen LogP contribution in [0.25, 0.3) is 0 Å². The normalized spacial score (nSPS) is 11.0. The van der Waals surface area contributed by atoms with E-state index >= 15 is 0 Å². The first-order chi connectivity index (χ1) is 9.79. The minimum Gasteiger partial charge on any atom is -0.444 e. The van der Waals surface area contributed by atoms with E-state index in [-0.39, 0.29) is 10.6 Å². The number of rotatable bonds is 6. The number of unbranched alkanes of at least 4 members (excludes halogenated alkanes) is 1. The number of nitro benzene ring substituents is 1. The lowest BCUT2D eigenvalue weighted by atomic mass is 10.1. The second-order valence-electron chi connectivity index (χ2n) is 5.77. The van der Waals surface area contributed by atoms with Gasteiger partial charge in [0.25, 0.3) is 5.69 Å². The number of carbonyl (C=O) groups excluding carboxylic acids is 1. The number of aryl methyl sites for hydroxylation is 1. The number of amides is 1. The smallest absolute Gasteiger partial charge is 0.407 e. The number of alkyl carbamates (subject to hydrolysis) is 1. The Kier molecular flexibility index (Phi) is 6.14. The summed E-state index contributed by atoms with van der Waals surface area (Å²) in [6.07, 6.45) is 1.69. The molecule has 0 aromatic heterocycles. The number of hydrogen-bond acceptors (Lipinski definition) is 4. The maximum atomic E-state index is 11.4. The van der Waals surface area contributed by atoms with Gasteiger partial charge in [0.2, 0.25) is 0 Å². The fourth-order valence-electron chi connectivity index (χ4n) is 1.85. The largest absolute Gasteiger partial charge is 0.444 e. The quantitative estimate of drug-likeness (QED) is 0.495. The van der Waals surface area contributed by atoms with Crippen molar-refractivity contribution in [3.8, 4) is 0 Å². The highest BCUT2D eigenvalue weighted by Gasteiger charge is 2.15. The summed E-state index contributed by atoms with van der Waals surface area (Å²) in [7, 11) is 0. The van der Waals surface area contributed by atoms with Crippen molar-refractivity contribution in [2.75, 3.05) is 6.54 Å². The van der Waals surface area contributed by atoms with Crippen LogP contribution in [0.15, 0.2) is 24.3 Å². The van der Waals surface area contributed by atoms with Crippen LogP contribution < -0.4 is 5.32 Å². The Morgan fingerprint density at radius 2 is 1.95 bits per heavy atom. The molecular formula is C15H22N2O4. The first-order valence-corrected chi connectivity index (χ1v) is 6.99. The molecule has 116 valence electrons. The molecule has 0 aliphatic heterocycles. The summed E-state index contributed by atoms with van der Waals surface area (Å²) in [6.45, 7) is 5.92. The van der Waals surface area contributed by atoms with Gasteiger partial charge in [0.05, 0.1) is 4.92 Å². The average Bonchev–Trinajstić information content (AvgIpc) is 2.36. The van der Waals surface area contributed by atoms with E-state index < -0.39 is 11.7 Å². The summed E-state index contributed by atoms with van der Waals surface area (Å²) in [5.41, 5.74) is 0.367. The fraction of sp³-hybridized carbons (Fsp3) is 0.533. The Balaban J connectivity index is 2.29. The summed E-state index contributed by atoms with van der Waals surface area (Å²) < 4.78 is 5.11. The molecule has 0 atom stereocenters. The Bertz CT molecular complexity index is 495.